The van der Waals surface area contributed by atoms with Crippen molar-refractivity contribution in [1.29, 1.82) is 0 Å². The minimum atomic E-state index is -0.908. The molecule has 0 saturated heterocycles. The first-order chi connectivity index (χ1) is 13.6. The SMILES string of the molecule is CC(C)(C)OC(=O)NOC(=O)C1(C2CCc3cc(Br)ccc3C2=O)CCCCC1. The third-order valence-corrected chi connectivity index (χ3v) is 6.29. The van der Waals surface area contributed by atoms with Crippen LogP contribution in [0.4, 0.5) is 4.79 Å². The molecule has 0 aromatic heterocycles. The summed E-state index contributed by atoms with van der Waals surface area (Å²) in [7, 11) is 0. The van der Waals surface area contributed by atoms with Gasteiger partial charge in [0.2, 0.25) is 0 Å². The standard InChI is InChI=1S/C22H28BrNO5/c1-21(2,3)28-20(27)24-29-19(26)22(11-5-4-6-12-22)17-10-7-14-13-15(23)8-9-16(14)18(17)25/h8-9,13,17H,4-7,10-12H2,1-3H3,(H,24,27). The van der Waals surface area contributed by atoms with E-state index in [1.165, 1.54) is 0 Å². The van der Waals surface area contributed by atoms with Gasteiger partial charge in [-0.05, 0) is 64.2 Å². The van der Waals surface area contributed by atoms with E-state index in [1.54, 1.807) is 20.8 Å². The number of aryl methyl sites for hydroxylation is 1. The summed E-state index contributed by atoms with van der Waals surface area (Å²) in [5.74, 6) is -0.985. The van der Waals surface area contributed by atoms with Gasteiger partial charge in [-0.2, -0.15) is 0 Å². The van der Waals surface area contributed by atoms with E-state index in [-0.39, 0.29) is 5.78 Å². The Morgan fingerprint density at radius 1 is 1.17 bits per heavy atom. The fourth-order valence-electron chi connectivity index (χ4n) is 4.52. The second-order valence-electron chi connectivity index (χ2n) is 8.97. The summed E-state index contributed by atoms with van der Waals surface area (Å²) in [4.78, 5) is 43.6. The molecule has 29 heavy (non-hydrogen) atoms. The van der Waals surface area contributed by atoms with Crippen molar-refractivity contribution >= 4 is 33.8 Å². The molecular formula is C22H28BrNO5. The number of nitrogens with one attached hydrogen (secondary N) is 1. The summed E-state index contributed by atoms with van der Waals surface area (Å²) < 4.78 is 6.07. The molecule has 0 bridgehead atoms. The number of ketones is 1. The molecule has 0 radical (unpaired) electrons. The fourth-order valence-corrected chi connectivity index (χ4v) is 4.93. The summed E-state index contributed by atoms with van der Waals surface area (Å²) in [5, 5.41) is 0. The molecule has 1 fully saturated rings. The lowest BCUT2D eigenvalue weighted by molar-refractivity contribution is -0.168. The molecule has 2 aliphatic rings. The van der Waals surface area contributed by atoms with Gasteiger partial charge < -0.3 is 9.57 Å². The third-order valence-electron chi connectivity index (χ3n) is 5.80. The van der Waals surface area contributed by atoms with Crippen molar-refractivity contribution in [2.45, 2.75) is 71.3 Å². The summed E-state index contributed by atoms with van der Waals surface area (Å²) in [6.07, 6.45) is 4.44. The van der Waals surface area contributed by atoms with E-state index in [2.05, 4.69) is 21.4 Å². The van der Waals surface area contributed by atoms with Crippen LogP contribution < -0.4 is 5.48 Å². The minimum absolute atomic E-state index is 0.00475. The molecule has 1 N–H and O–H groups in total. The number of amides is 1. The number of carbonyl (C=O) groups is 3. The van der Waals surface area contributed by atoms with E-state index in [0.717, 1.165) is 35.7 Å². The Morgan fingerprint density at radius 2 is 1.86 bits per heavy atom. The van der Waals surface area contributed by atoms with Gasteiger partial charge in [0.05, 0.1) is 5.41 Å². The molecule has 2 aliphatic carbocycles. The third kappa shape index (κ3) is 4.82. The van der Waals surface area contributed by atoms with Gasteiger partial charge in [0.25, 0.3) is 0 Å². The topological polar surface area (TPSA) is 81.7 Å². The van der Waals surface area contributed by atoms with Crippen LogP contribution in [-0.4, -0.2) is 23.4 Å². The van der Waals surface area contributed by atoms with Crippen LogP contribution in [0, 0.1) is 11.3 Å². The van der Waals surface area contributed by atoms with Gasteiger partial charge in [-0.3, -0.25) is 4.79 Å². The summed E-state index contributed by atoms with van der Waals surface area (Å²) in [6, 6.07) is 5.66. The van der Waals surface area contributed by atoms with E-state index < -0.39 is 29.0 Å². The molecular weight excluding hydrogens is 438 g/mol. The molecule has 0 spiro atoms. The van der Waals surface area contributed by atoms with Crippen molar-refractivity contribution in [3.63, 3.8) is 0 Å². The monoisotopic (exact) mass is 465 g/mol. The maximum Gasteiger partial charge on any atom is 0.441 e. The predicted octanol–water partition coefficient (Wildman–Crippen LogP) is 5.13. The van der Waals surface area contributed by atoms with Crippen molar-refractivity contribution in [2.75, 3.05) is 0 Å². The number of benzene rings is 1. The minimum Gasteiger partial charge on any atom is -0.442 e. The normalized spacial score (nSPS) is 21.1. The van der Waals surface area contributed by atoms with Crippen molar-refractivity contribution in [2.24, 2.45) is 11.3 Å². The number of ether oxygens (including phenoxy) is 1. The molecule has 158 valence electrons. The average molecular weight is 466 g/mol. The van der Waals surface area contributed by atoms with Crippen molar-refractivity contribution in [1.82, 2.24) is 5.48 Å². The Hall–Kier alpha value is -1.89. The van der Waals surface area contributed by atoms with Gasteiger partial charge in [0.15, 0.2) is 5.78 Å². The number of hydrogen-bond donors (Lipinski definition) is 1. The first-order valence-corrected chi connectivity index (χ1v) is 10.9. The lowest BCUT2D eigenvalue weighted by Crippen LogP contribution is -2.49. The first-order valence-electron chi connectivity index (χ1n) is 10.2. The Labute approximate surface area is 179 Å². The van der Waals surface area contributed by atoms with Crippen molar-refractivity contribution in [3.05, 3.63) is 33.8 Å². The molecule has 1 amide bonds. The number of hydrogen-bond acceptors (Lipinski definition) is 5. The maximum atomic E-state index is 13.3. The second-order valence-corrected chi connectivity index (χ2v) is 9.88. The Bertz CT molecular complexity index is 808. The van der Waals surface area contributed by atoms with Gasteiger partial charge in [0.1, 0.15) is 5.60 Å². The van der Waals surface area contributed by atoms with Crippen LogP contribution in [0.25, 0.3) is 0 Å². The zero-order valence-electron chi connectivity index (χ0n) is 17.2. The highest BCUT2D eigenvalue weighted by Crippen LogP contribution is 2.48. The van der Waals surface area contributed by atoms with Crippen LogP contribution in [0.2, 0.25) is 0 Å². The fraction of sp³-hybridized carbons (Fsp3) is 0.591. The number of hydroxylamine groups is 1. The molecule has 1 saturated carbocycles. The van der Waals surface area contributed by atoms with Gasteiger partial charge in [-0.15, -0.1) is 5.48 Å². The molecule has 0 heterocycles. The smallest absolute Gasteiger partial charge is 0.441 e. The van der Waals surface area contributed by atoms with Gasteiger partial charge in [0, 0.05) is 16.0 Å². The number of halogens is 1. The molecule has 3 rings (SSSR count). The molecule has 6 nitrogen and oxygen atoms in total. The van der Waals surface area contributed by atoms with Crippen LogP contribution in [0.5, 0.6) is 0 Å². The molecule has 0 aliphatic heterocycles. The van der Waals surface area contributed by atoms with E-state index >= 15 is 0 Å². The highest BCUT2D eigenvalue weighted by Gasteiger charge is 2.52. The Balaban J connectivity index is 1.80. The number of Topliss-reactive ketones (excluding diaryl/α,β-unsaturated/α-hetero) is 1. The van der Waals surface area contributed by atoms with Crippen LogP contribution in [0.1, 0.15) is 75.2 Å². The second kappa shape index (κ2) is 8.46. The highest BCUT2D eigenvalue weighted by atomic mass is 79.9. The van der Waals surface area contributed by atoms with Crippen LogP contribution in [0.15, 0.2) is 22.7 Å². The largest absolute Gasteiger partial charge is 0.442 e. The van der Waals surface area contributed by atoms with Crippen LogP contribution in [-0.2, 0) is 20.8 Å². The van der Waals surface area contributed by atoms with Crippen molar-refractivity contribution < 1.29 is 24.0 Å². The van der Waals surface area contributed by atoms with E-state index in [1.807, 2.05) is 18.2 Å². The van der Waals surface area contributed by atoms with E-state index in [9.17, 15) is 14.4 Å². The molecule has 1 aromatic rings. The average Bonchev–Trinajstić information content (AvgIpc) is 2.65. The summed E-state index contributed by atoms with van der Waals surface area (Å²) in [6.45, 7) is 5.19. The Morgan fingerprint density at radius 3 is 2.52 bits per heavy atom. The lowest BCUT2D eigenvalue weighted by Gasteiger charge is -2.42. The zero-order valence-corrected chi connectivity index (χ0v) is 18.8. The molecule has 1 atom stereocenters. The summed E-state index contributed by atoms with van der Waals surface area (Å²) >= 11 is 3.45. The number of rotatable bonds is 2. The van der Waals surface area contributed by atoms with E-state index in [4.69, 9.17) is 9.57 Å². The number of carbonyl (C=O) groups excluding carboxylic acids is 3. The highest BCUT2D eigenvalue weighted by molar-refractivity contribution is 9.10. The van der Waals surface area contributed by atoms with Gasteiger partial charge in [-0.25, -0.2) is 9.59 Å². The number of fused-ring (bicyclic) bond motifs is 1. The van der Waals surface area contributed by atoms with Crippen LogP contribution in [0.3, 0.4) is 0 Å². The molecule has 1 aromatic carbocycles. The molecule has 7 heteroatoms. The Kier molecular flexibility index (Phi) is 6.36. The van der Waals surface area contributed by atoms with Gasteiger partial charge >= 0.3 is 12.1 Å². The quantitative estimate of drug-likeness (QED) is 0.612. The first kappa shape index (κ1) is 21.8. The maximum absolute atomic E-state index is 13.3. The van der Waals surface area contributed by atoms with Gasteiger partial charge in [-0.1, -0.05) is 41.3 Å². The zero-order chi connectivity index (χ0) is 21.2. The summed E-state index contributed by atoms with van der Waals surface area (Å²) in [5.41, 5.74) is 2.20. The predicted molar refractivity (Wildman–Crippen MR) is 111 cm³/mol. The lowest BCUT2D eigenvalue weighted by atomic mass is 9.60. The molecule has 1 unspecified atom stereocenters. The van der Waals surface area contributed by atoms with Crippen molar-refractivity contribution in [3.8, 4) is 0 Å². The van der Waals surface area contributed by atoms with Crippen LogP contribution >= 0.6 is 15.9 Å². The van der Waals surface area contributed by atoms with E-state index in [0.29, 0.717) is 24.8 Å².